The number of halogens is 1. The van der Waals surface area contributed by atoms with E-state index in [2.05, 4.69) is 6.92 Å². The van der Waals surface area contributed by atoms with Crippen LogP contribution < -0.4 is 0 Å². The summed E-state index contributed by atoms with van der Waals surface area (Å²) in [6.07, 6.45) is 4.85. The Kier molecular flexibility index (Phi) is 6.95. The summed E-state index contributed by atoms with van der Waals surface area (Å²) >= 11 is 0. The van der Waals surface area contributed by atoms with Gasteiger partial charge in [0.15, 0.2) is 0 Å². The molecule has 0 saturated heterocycles. The summed E-state index contributed by atoms with van der Waals surface area (Å²) in [5.41, 5.74) is 0.945. The van der Waals surface area contributed by atoms with Crippen molar-refractivity contribution < 1.29 is 14.0 Å². The van der Waals surface area contributed by atoms with E-state index in [0.717, 1.165) is 31.4 Å². The molecule has 0 heterocycles. The van der Waals surface area contributed by atoms with Gasteiger partial charge in [0.2, 0.25) is 5.91 Å². The summed E-state index contributed by atoms with van der Waals surface area (Å²) in [6, 6.07) is 6.35. The Morgan fingerprint density at radius 3 is 2.58 bits per heavy atom. The number of benzene rings is 1. The Labute approximate surface area is 144 Å². The minimum absolute atomic E-state index is 0.0650. The molecule has 1 aliphatic rings. The molecule has 1 saturated carbocycles. The normalized spacial score (nSPS) is 20.9. The van der Waals surface area contributed by atoms with Gasteiger partial charge in [-0.1, -0.05) is 38.8 Å². The zero-order chi connectivity index (χ0) is 17.5. The molecule has 1 aromatic rings. The number of rotatable bonds is 7. The molecule has 132 valence electrons. The third kappa shape index (κ3) is 5.15. The van der Waals surface area contributed by atoms with Crippen molar-refractivity contribution in [3.8, 4) is 0 Å². The van der Waals surface area contributed by atoms with Crippen molar-refractivity contribution in [2.24, 2.45) is 11.8 Å². The summed E-state index contributed by atoms with van der Waals surface area (Å²) in [7, 11) is 0. The van der Waals surface area contributed by atoms with Gasteiger partial charge in [0.05, 0.1) is 0 Å². The quantitative estimate of drug-likeness (QED) is 0.696. The van der Waals surface area contributed by atoms with Gasteiger partial charge in [0.25, 0.3) is 0 Å². The average molecular weight is 333 g/mol. The van der Waals surface area contributed by atoms with Crippen LogP contribution in [0.15, 0.2) is 24.3 Å². The van der Waals surface area contributed by atoms with E-state index in [1.807, 2.05) is 11.8 Å². The number of unbranched alkanes of at least 4 members (excludes halogenated alkanes) is 2. The van der Waals surface area contributed by atoms with Crippen molar-refractivity contribution in [2.45, 2.75) is 58.9 Å². The van der Waals surface area contributed by atoms with Gasteiger partial charge in [-0.3, -0.25) is 9.59 Å². The molecule has 2 atom stereocenters. The van der Waals surface area contributed by atoms with Crippen LogP contribution in [-0.4, -0.2) is 23.1 Å². The second kappa shape index (κ2) is 8.95. The molecule has 1 fully saturated rings. The zero-order valence-corrected chi connectivity index (χ0v) is 14.8. The fraction of sp³-hybridized carbons (Fsp3) is 0.600. The largest absolute Gasteiger partial charge is 0.338 e. The number of nitrogens with zero attached hydrogens (tertiary/aromatic N) is 1. The van der Waals surface area contributed by atoms with Gasteiger partial charge in [-0.15, -0.1) is 0 Å². The summed E-state index contributed by atoms with van der Waals surface area (Å²) < 4.78 is 13.1. The summed E-state index contributed by atoms with van der Waals surface area (Å²) in [4.78, 5) is 26.5. The van der Waals surface area contributed by atoms with Crippen molar-refractivity contribution in [3.63, 3.8) is 0 Å². The molecular formula is C20H28FNO2. The maximum Gasteiger partial charge on any atom is 0.226 e. The van der Waals surface area contributed by atoms with Crippen LogP contribution in [0.3, 0.4) is 0 Å². The number of hydrogen-bond donors (Lipinski definition) is 0. The summed E-state index contributed by atoms with van der Waals surface area (Å²) in [6.45, 7) is 5.38. The molecule has 3 nitrogen and oxygen atoms in total. The van der Waals surface area contributed by atoms with Crippen molar-refractivity contribution in [3.05, 3.63) is 35.6 Å². The number of carbonyl (C=O) groups is 2. The number of hydrogen-bond acceptors (Lipinski definition) is 2. The van der Waals surface area contributed by atoms with Gasteiger partial charge >= 0.3 is 0 Å². The molecule has 0 bridgehead atoms. The number of Topliss-reactive ketones (excluding diaryl/α,β-unsaturated/α-hetero) is 1. The summed E-state index contributed by atoms with van der Waals surface area (Å²) in [5, 5.41) is 0. The molecule has 0 aromatic heterocycles. The minimum atomic E-state index is -0.262. The van der Waals surface area contributed by atoms with Crippen LogP contribution in [0.5, 0.6) is 0 Å². The van der Waals surface area contributed by atoms with Gasteiger partial charge < -0.3 is 4.90 Å². The monoisotopic (exact) mass is 333 g/mol. The van der Waals surface area contributed by atoms with Gasteiger partial charge in [-0.05, 0) is 36.5 Å². The zero-order valence-electron chi connectivity index (χ0n) is 14.8. The second-order valence-corrected chi connectivity index (χ2v) is 6.96. The first-order chi connectivity index (χ1) is 11.5. The molecular weight excluding hydrogens is 305 g/mol. The van der Waals surface area contributed by atoms with Gasteiger partial charge in [0.1, 0.15) is 11.6 Å². The first kappa shape index (κ1) is 18.6. The second-order valence-electron chi connectivity index (χ2n) is 6.96. The molecule has 1 aliphatic carbocycles. The minimum Gasteiger partial charge on any atom is -0.338 e. The number of amides is 1. The Morgan fingerprint density at radius 1 is 1.25 bits per heavy atom. The SMILES string of the molecule is CCCCCN(Cc1ccc(F)cc1)C(=O)[C@@H]1CCC(=O)C[C@@H]1C. The van der Waals surface area contributed by atoms with Gasteiger partial charge in [-0.2, -0.15) is 0 Å². The van der Waals surface area contributed by atoms with Crippen molar-refractivity contribution >= 4 is 11.7 Å². The van der Waals surface area contributed by atoms with E-state index < -0.39 is 0 Å². The van der Waals surface area contributed by atoms with E-state index in [1.54, 1.807) is 12.1 Å². The van der Waals surface area contributed by atoms with Crippen LogP contribution >= 0.6 is 0 Å². The van der Waals surface area contributed by atoms with Crippen LogP contribution in [0.2, 0.25) is 0 Å². The van der Waals surface area contributed by atoms with Crippen LogP contribution in [0.1, 0.15) is 57.9 Å². The van der Waals surface area contributed by atoms with Crippen molar-refractivity contribution in [1.82, 2.24) is 4.90 Å². The van der Waals surface area contributed by atoms with Gasteiger partial charge in [0, 0.05) is 31.8 Å². The Balaban J connectivity index is 2.07. The fourth-order valence-corrected chi connectivity index (χ4v) is 3.44. The van der Waals surface area contributed by atoms with Crippen LogP contribution in [0.25, 0.3) is 0 Å². The number of ketones is 1. The average Bonchev–Trinajstić information content (AvgIpc) is 2.55. The third-order valence-electron chi connectivity index (χ3n) is 4.92. The van der Waals surface area contributed by atoms with E-state index in [0.29, 0.717) is 25.8 Å². The lowest BCUT2D eigenvalue weighted by Crippen LogP contribution is -2.41. The van der Waals surface area contributed by atoms with E-state index in [1.165, 1.54) is 12.1 Å². The highest BCUT2D eigenvalue weighted by Crippen LogP contribution is 2.30. The van der Waals surface area contributed by atoms with Crippen molar-refractivity contribution in [2.75, 3.05) is 6.54 Å². The molecule has 24 heavy (non-hydrogen) atoms. The highest BCUT2D eigenvalue weighted by Gasteiger charge is 2.33. The lowest BCUT2D eigenvalue weighted by Gasteiger charge is -2.33. The topological polar surface area (TPSA) is 37.4 Å². The van der Waals surface area contributed by atoms with E-state index in [9.17, 15) is 14.0 Å². The smallest absolute Gasteiger partial charge is 0.226 e. The molecule has 0 N–H and O–H groups in total. The Hall–Kier alpha value is -1.71. The Bertz CT molecular complexity index is 555. The summed E-state index contributed by atoms with van der Waals surface area (Å²) in [5.74, 6) is 0.200. The lowest BCUT2D eigenvalue weighted by molar-refractivity contribution is -0.140. The van der Waals surface area contributed by atoms with Crippen LogP contribution in [0.4, 0.5) is 4.39 Å². The van der Waals surface area contributed by atoms with Crippen molar-refractivity contribution in [1.29, 1.82) is 0 Å². The highest BCUT2D eigenvalue weighted by molar-refractivity contribution is 5.85. The number of carbonyl (C=O) groups excluding carboxylic acids is 2. The molecule has 0 spiro atoms. The fourth-order valence-electron chi connectivity index (χ4n) is 3.44. The first-order valence-corrected chi connectivity index (χ1v) is 9.06. The molecule has 2 rings (SSSR count). The lowest BCUT2D eigenvalue weighted by atomic mass is 9.79. The highest BCUT2D eigenvalue weighted by atomic mass is 19.1. The van der Waals surface area contributed by atoms with Gasteiger partial charge in [-0.25, -0.2) is 4.39 Å². The molecule has 1 amide bonds. The van der Waals surface area contributed by atoms with E-state index in [4.69, 9.17) is 0 Å². The maximum atomic E-state index is 13.1. The maximum absolute atomic E-state index is 13.1. The molecule has 1 aromatic carbocycles. The molecule has 4 heteroatoms. The van der Waals surface area contributed by atoms with E-state index in [-0.39, 0.29) is 29.3 Å². The third-order valence-corrected chi connectivity index (χ3v) is 4.92. The van der Waals surface area contributed by atoms with Crippen LogP contribution in [0, 0.1) is 17.7 Å². The molecule has 0 unspecified atom stereocenters. The van der Waals surface area contributed by atoms with Crippen LogP contribution in [-0.2, 0) is 16.1 Å². The first-order valence-electron chi connectivity index (χ1n) is 9.06. The Morgan fingerprint density at radius 2 is 1.96 bits per heavy atom. The molecule has 0 radical (unpaired) electrons. The van der Waals surface area contributed by atoms with E-state index >= 15 is 0 Å². The molecule has 0 aliphatic heterocycles. The predicted octanol–water partition coefficient (Wildman–Crippen LogP) is 4.35. The standard InChI is InChI=1S/C20H28FNO2/c1-3-4-5-12-22(14-16-6-8-17(21)9-7-16)20(24)19-11-10-18(23)13-15(19)2/h6-9,15,19H,3-5,10-14H2,1-2H3/t15-,19+/m0/s1. The predicted molar refractivity (Wildman–Crippen MR) is 92.9 cm³/mol.